The second-order valence-electron chi connectivity index (χ2n) is 8.76. The fourth-order valence-electron chi connectivity index (χ4n) is 3.42. The zero-order valence-corrected chi connectivity index (χ0v) is 18.8. The van der Waals surface area contributed by atoms with Gasteiger partial charge >= 0.3 is 11.9 Å². The Bertz CT molecular complexity index is 526. The van der Waals surface area contributed by atoms with Crippen LogP contribution < -0.4 is 0 Å². The van der Waals surface area contributed by atoms with Gasteiger partial charge in [-0.2, -0.15) is 0 Å². The van der Waals surface area contributed by atoms with Crippen molar-refractivity contribution in [1.82, 2.24) is 0 Å². The van der Waals surface area contributed by atoms with Crippen LogP contribution in [0.2, 0.25) is 0 Å². The Balaban J connectivity index is 4.11. The second kappa shape index (κ2) is 16.6. The molecule has 0 aromatic carbocycles. The maximum Gasteiger partial charge on any atom is 0.308 e. The number of likely N-dealkylation sites (N-methyl/N-ethyl adjacent to an activating group) is 1. The van der Waals surface area contributed by atoms with Gasteiger partial charge in [-0.1, -0.05) is 77.6 Å². The van der Waals surface area contributed by atoms with Crippen LogP contribution in [0.5, 0.6) is 0 Å². The number of aliphatic hydroxyl groups is 1. The van der Waals surface area contributed by atoms with Crippen LogP contribution in [0.1, 0.15) is 101 Å². The van der Waals surface area contributed by atoms with Gasteiger partial charge in [0.1, 0.15) is 6.54 Å². The number of rotatable bonds is 19. The summed E-state index contributed by atoms with van der Waals surface area (Å²) in [4.78, 5) is 23.2. The molecule has 0 aliphatic carbocycles. The highest BCUT2D eigenvalue weighted by molar-refractivity contribution is 5.71. The lowest BCUT2D eigenvalue weighted by atomic mass is 10.0. The van der Waals surface area contributed by atoms with E-state index in [-0.39, 0.29) is 13.0 Å². The van der Waals surface area contributed by atoms with Crippen molar-refractivity contribution < 1.29 is 33.1 Å². The minimum Gasteiger partial charge on any atom is -0.481 e. The SMILES string of the molecule is [2H]C([2H])([2H])[N+](C)(C)C[C@@H](CC(=O)O)OC(=O)CC(O)CCCCCCCCCCCCC. The summed E-state index contributed by atoms with van der Waals surface area (Å²) >= 11 is 0. The summed E-state index contributed by atoms with van der Waals surface area (Å²) in [7, 11) is 2.88. The van der Waals surface area contributed by atoms with Gasteiger partial charge in [0.2, 0.25) is 0 Å². The van der Waals surface area contributed by atoms with Crippen LogP contribution in [0.15, 0.2) is 0 Å². The van der Waals surface area contributed by atoms with E-state index >= 15 is 0 Å². The van der Waals surface area contributed by atoms with Crippen molar-refractivity contribution >= 4 is 11.9 Å². The third-order valence-electron chi connectivity index (χ3n) is 4.90. The van der Waals surface area contributed by atoms with Crippen LogP contribution in [-0.4, -0.2) is 66.5 Å². The van der Waals surface area contributed by atoms with E-state index in [9.17, 15) is 14.7 Å². The van der Waals surface area contributed by atoms with E-state index in [1.807, 2.05) is 0 Å². The summed E-state index contributed by atoms with van der Waals surface area (Å²) in [5.41, 5.74) is 0. The topological polar surface area (TPSA) is 83.8 Å². The molecule has 0 aromatic rings. The standard InChI is InChI=1S/C23H45NO5/c1-5-6-7-8-9-10-11-12-13-14-15-16-20(25)17-23(28)29-21(18-22(26)27)19-24(2,3)4/h20-21,25H,5-19H2,1-4H3/p+1/t20?,21-/m1/s1/i2D3. The van der Waals surface area contributed by atoms with Gasteiger partial charge in [0.15, 0.2) is 6.10 Å². The number of esters is 1. The highest BCUT2D eigenvalue weighted by Crippen LogP contribution is 2.14. The number of hydrogen-bond donors (Lipinski definition) is 2. The zero-order valence-electron chi connectivity index (χ0n) is 21.8. The Labute approximate surface area is 182 Å². The number of nitrogens with zero attached hydrogens (tertiary/aromatic N) is 1. The lowest BCUT2D eigenvalue weighted by Gasteiger charge is -2.28. The van der Waals surface area contributed by atoms with Crippen molar-refractivity contribution in [3.05, 3.63) is 0 Å². The molecule has 6 heteroatoms. The van der Waals surface area contributed by atoms with E-state index in [0.29, 0.717) is 6.42 Å². The number of carboxylic acid groups (broad SMARTS) is 1. The summed E-state index contributed by atoms with van der Waals surface area (Å²) in [6.45, 7) is -0.291. The fourth-order valence-corrected chi connectivity index (χ4v) is 3.42. The van der Waals surface area contributed by atoms with Crippen molar-refractivity contribution in [2.45, 2.75) is 109 Å². The number of carbonyl (C=O) groups excluding carboxylic acids is 1. The summed E-state index contributed by atoms with van der Waals surface area (Å²) in [6, 6.07) is 0. The molecular weight excluding hydrogens is 370 g/mol. The average Bonchev–Trinajstić information content (AvgIpc) is 2.64. The Kier molecular flexibility index (Phi) is 12.9. The Morgan fingerprint density at radius 3 is 1.93 bits per heavy atom. The van der Waals surface area contributed by atoms with Crippen LogP contribution in [0.4, 0.5) is 0 Å². The molecule has 2 N–H and O–H groups in total. The molecule has 172 valence electrons. The number of aliphatic carboxylic acids is 1. The largest absolute Gasteiger partial charge is 0.481 e. The van der Waals surface area contributed by atoms with Crippen molar-refractivity contribution in [1.29, 1.82) is 0 Å². The Hall–Kier alpha value is -1.14. The van der Waals surface area contributed by atoms with Gasteiger partial charge in [-0.25, -0.2) is 0 Å². The molecule has 0 aromatic heterocycles. The zero-order chi connectivity index (χ0) is 24.6. The monoisotopic (exact) mass is 419 g/mol. The normalized spacial score (nSPS) is 15.8. The van der Waals surface area contributed by atoms with Gasteiger partial charge in [-0.05, 0) is 6.42 Å². The van der Waals surface area contributed by atoms with Gasteiger partial charge in [-0.3, -0.25) is 9.59 Å². The highest BCUT2D eigenvalue weighted by atomic mass is 16.5. The van der Waals surface area contributed by atoms with Crippen molar-refractivity contribution in [3.63, 3.8) is 0 Å². The summed E-state index contributed by atoms with van der Waals surface area (Å²) in [5, 5.41) is 19.2. The molecule has 0 aliphatic rings. The molecular formula is C23H46NO5+. The number of aliphatic hydroxyl groups excluding tert-OH is 1. The molecule has 0 fully saturated rings. The first-order valence-electron chi connectivity index (χ1n) is 12.8. The molecule has 0 amide bonds. The molecule has 1 unspecified atom stereocenters. The molecule has 0 aliphatic heterocycles. The fraction of sp³-hybridized carbons (Fsp3) is 0.913. The lowest BCUT2D eigenvalue weighted by Crippen LogP contribution is -2.44. The molecule has 0 heterocycles. The third-order valence-corrected chi connectivity index (χ3v) is 4.90. The van der Waals surface area contributed by atoms with Gasteiger partial charge in [0.05, 0.1) is 44.1 Å². The molecule has 0 spiro atoms. The first-order valence-corrected chi connectivity index (χ1v) is 11.3. The van der Waals surface area contributed by atoms with Crippen molar-refractivity contribution in [3.8, 4) is 0 Å². The molecule has 0 saturated carbocycles. The van der Waals surface area contributed by atoms with Crippen LogP contribution in [-0.2, 0) is 14.3 Å². The quantitative estimate of drug-likeness (QED) is 0.183. The van der Waals surface area contributed by atoms with E-state index < -0.39 is 42.0 Å². The molecule has 29 heavy (non-hydrogen) atoms. The molecule has 0 saturated heterocycles. The Morgan fingerprint density at radius 1 is 0.931 bits per heavy atom. The van der Waals surface area contributed by atoms with Crippen LogP contribution in [0.25, 0.3) is 0 Å². The molecule has 2 atom stereocenters. The average molecular weight is 420 g/mol. The summed E-state index contributed by atoms with van der Waals surface area (Å²) in [6.07, 6.45) is 11.2. The third kappa shape index (κ3) is 19.9. The van der Waals surface area contributed by atoms with E-state index in [1.165, 1.54) is 65.5 Å². The predicted octanol–water partition coefficient (Wildman–Crippen LogP) is 4.53. The number of hydrogen-bond acceptors (Lipinski definition) is 4. The number of carboxylic acids is 1. The molecule has 0 rings (SSSR count). The highest BCUT2D eigenvalue weighted by Gasteiger charge is 2.25. The van der Waals surface area contributed by atoms with E-state index in [2.05, 4.69) is 6.92 Å². The summed E-state index contributed by atoms with van der Waals surface area (Å²) < 4.78 is 27.4. The van der Waals surface area contributed by atoms with E-state index in [1.54, 1.807) is 0 Å². The number of unbranched alkanes of at least 4 members (excludes halogenated alkanes) is 10. The van der Waals surface area contributed by atoms with Gasteiger partial charge in [0.25, 0.3) is 0 Å². The number of carbonyl (C=O) groups is 2. The van der Waals surface area contributed by atoms with Crippen LogP contribution >= 0.6 is 0 Å². The molecule has 6 nitrogen and oxygen atoms in total. The Morgan fingerprint density at radius 2 is 1.45 bits per heavy atom. The van der Waals surface area contributed by atoms with Gasteiger partial charge in [-0.15, -0.1) is 0 Å². The smallest absolute Gasteiger partial charge is 0.308 e. The lowest BCUT2D eigenvalue weighted by molar-refractivity contribution is -0.873. The first-order chi connectivity index (χ1) is 14.9. The maximum atomic E-state index is 12.2. The first kappa shape index (κ1) is 22.5. The maximum absolute atomic E-state index is 12.2. The predicted molar refractivity (Wildman–Crippen MR) is 117 cm³/mol. The minimum atomic E-state index is -2.36. The van der Waals surface area contributed by atoms with Crippen molar-refractivity contribution in [2.75, 3.05) is 27.6 Å². The van der Waals surface area contributed by atoms with E-state index in [0.717, 1.165) is 19.3 Å². The van der Waals surface area contributed by atoms with Gasteiger partial charge < -0.3 is 19.4 Å². The van der Waals surface area contributed by atoms with Crippen LogP contribution in [0.3, 0.4) is 0 Å². The summed E-state index contributed by atoms with van der Waals surface area (Å²) in [5.74, 6) is -1.87. The minimum absolute atomic E-state index is 0.150. The molecule has 0 radical (unpaired) electrons. The van der Waals surface area contributed by atoms with E-state index in [4.69, 9.17) is 14.0 Å². The number of quaternary nitrogens is 1. The van der Waals surface area contributed by atoms with Gasteiger partial charge in [0, 0.05) is 0 Å². The van der Waals surface area contributed by atoms with Crippen molar-refractivity contribution in [2.24, 2.45) is 0 Å². The molecule has 0 bridgehead atoms. The van der Waals surface area contributed by atoms with Crippen LogP contribution in [0, 0.1) is 0 Å². The number of ether oxygens (including phenoxy) is 1. The second-order valence-corrected chi connectivity index (χ2v) is 8.76.